The lowest BCUT2D eigenvalue weighted by Gasteiger charge is -2.09. The first-order valence-electron chi connectivity index (χ1n) is 6.11. The van der Waals surface area contributed by atoms with Crippen molar-refractivity contribution in [2.45, 2.75) is 11.8 Å². The van der Waals surface area contributed by atoms with E-state index in [1.54, 1.807) is 25.1 Å². The van der Waals surface area contributed by atoms with Crippen LogP contribution < -0.4 is 4.74 Å². The lowest BCUT2D eigenvalue weighted by atomic mass is 10.2. The largest absolute Gasteiger partial charge is 0.450 e. The van der Waals surface area contributed by atoms with Crippen molar-refractivity contribution >= 4 is 27.1 Å². The number of nitro groups is 1. The number of sulfone groups is 1. The van der Waals surface area contributed by atoms with Gasteiger partial charge in [0.1, 0.15) is 10.6 Å². The fourth-order valence-electron chi connectivity index (χ4n) is 1.87. The minimum Gasteiger partial charge on any atom is -0.450 e. The number of para-hydroxylation sites is 1. The number of ether oxygens (including phenoxy) is 1. The average Bonchev–Trinajstić information content (AvgIpc) is 2.41. The zero-order valence-corrected chi connectivity index (χ0v) is 13.3. The summed E-state index contributed by atoms with van der Waals surface area (Å²) in [5.74, 6) is 0.185. The normalized spacial score (nSPS) is 11.2. The van der Waals surface area contributed by atoms with Crippen LogP contribution >= 0.6 is 11.6 Å². The fourth-order valence-corrected chi connectivity index (χ4v) is 2.84. The van der Waals surface area contributed by atoms with Crippen LogP contribution in [-0.2, 0) is 9.84 Å². The van der Waals surface area contributed by atoms with Crippen LogP contribution in [0.15, 0.2) is 41.3 Å². The molecular weight excluding hydrogens is 330 g/mol. The summed E-state index contributed by atoms with van der Waals surface area (Å²) in [5.41, 5.74) is 0.152. The highest BCUT2D eigenvalue weighted by Gasteiger charge is 2.27. The first kappa shape index (κ1) is 16.3. The molecule has 0 aliphatic rings. The van der Waals surface area contributed by atoms with Crippen molar-refractivity contribution in [2.75, 3.05) is 6.26 Å². The third kappa shape index (κ3) is 3.37. The van der Waals surface area contributed by atoms with Crippen LogP contribution in [0.25, 0.3) is 0 Å². The van der Waals surface area contributed by atoms with Crippen LogP contribution in [-0.4, -0.2) is 19.6 Å². The van der Waals surface area contributed by atoms with Gasteiger partial charge in [-0.05, 0) is 42.8 Å². The molecule has 0 fully saturated rings. The maximum absolute atomic E-state index is 11.7. The van der Waals surface area contributed by atoms with E-state index in [1.165, 1.54) is 18.2 Å². The number of rotatable bonds is 4. The minimum absolute atomic E-state index is 0.144. The molecule has 0 atom stereocenters. The number of nitrogens with zero attached hydrogens (tertiary/aromatic N) is 1. The van der Waals surface area contributed by atoms with Gasteiger partial charge in [-0.3, -0.25) is 10.1 Å². The molecule has 2 aromatic rings. The van der Waals surface area contributed by atoms with Gasteiger partial charge in [0.2, 0.25) is 5.75 Å². The average molecular weight is 342 g/mol. The second-order valence-electron chi connectivity index (χ2n) is 4.65. The number of aryl methyl sites for hydroxylation is 1. The van der Waals surface area contributed by atoms with Gasteiger partial charge in [0, 0.05) is 11.3 Å². The van der Waals surface area contributed by atoms with Crippen LogP contribution in [0, 0.1) is 17.0 Å². The molecule has 6 nitrogen and oxygen atoms in total. The van der Waals surface area contributed by atoms with Gasteiger partial charge >= 0.3 is 5.69 Å². The molecule has 0 saturated carbocycles. The molecular formula is C14H12ClNO5S. The van der Waals surface area contributed by atoms with E-state index in [2.05, 4.69) is 0 Å². The monoisotopic (exact) mass is 341 g/mol. The van der Waals surface area contributed by atoms with Crippen LogP contribution in [0.4, 0.5) is 5.69 Å². The topological polar surface area (TPSA) is 86.5 Å². The predicted molar refractivity (Wildman–Crippen MR) is 82.5 cm³/mol. The van der Waals surface area contributed by atoms with Gasteiger partial charge < -0.3 is 4.74 Å². The molecule has 2 aromatic carbocycles. The summed E-state index contributed by atoms with van der Waals surface area (Å²) >= 11 is 5.91. The summed E-state index contributed by atoms with van der Waals surface area (Å²) in [5, 5.41) is 11.8. The van der Waals surface area contributed by atoms with Crippen LogP contribution in [0.3, 0.4) is 0 Å². The van der Waals surface area contributed by atoms with Crippen molar-refractivity contribution in [1.29, 1.82) is 0 Å². The van der Waals surface area contributed by atoms with Crippen molar-refractivity contribution < 1.29 is 18.1 Å². The standard InChI is InChI=1S/C14H12ClNO5S/c1-9-8-10(6-7-11(9)15)21-12-4-3-5-13(22(2,19)20)14(12)16(17)18/h3-8H,1-2H3. The highest BCUT2D eigenvalue weighted by Crippen LogP contribution is 2.37. The lowest BCUT2D eigenvalue weighted by molar-refractivity contribution is -0.388. The Morgan fingerprint density at radius 1 is 1.23 bits per heavy atom. The molecule has 2 rings (SSSR count). The van der Waals surface area contributed by atoms with Gasteiger partial charge in [-0.2, -0.15) is 0 Å². The van der Waals surface area contributed by atoms with Crippen LogP contribution in [0.2, 0.25) is 5.02 Å². The van der Waals surface area contributed by atoms with E-state index in [4.69, 9.17) is 16.3 Å². The molecule has 0 radical (unpaired) electrons. The summed E-state index contributed by atoms with van der Waals surface area (Å²) < 4.78 is 28.8. The lowest BCUT2D eigenvalue weighted by Crippen LogP contribution is -2.04. The summed E-state index contributed by atoms with van der Waals surface area (Å²) in [6.45, 7) is 1.76. The summed E-state index contributed by atoms with van der Waals surface area (Å²) in [6, 6.07) is 8.66. The molecule has 0 heterocycles. The van der Waals surface area contributed by atoms with Gasteiger partial charge in [0.25, 0.3) is 0 Å². The van der Waals surface area contributed by atoms with E-state index in [-0.39, 0.29) is 10.6 Å². The van der Waals surface area contributed by atoms with Crippen molar-refractivity contribution in [3.05, 3.63) is 57.1 Å². The molecule has 8 heteroatoms. The molecule has 0 spiro atoms. The summed E-state index contributed by atoms with van der Waals surface area (Å²) in [7, 11) is -3.75. The molecule has 22 heavy (non-hydrogen) atoms. The molecule has 116 valence electrons. The Kier molecular flexibility index (Phi) is 4.39. The Morgan fingerprint density at radius 2 is 1.91 bits per heavy atom. The zero-order chi connectivity index (χ0) is 16.5. The molecule has 0 aliphatic carbocycles. The quantitative estimate of drug-likeness (QED) is 0.624. The zero-order valence-electron chi connectivity index (χ0n) is 11.7. The minimum atomic E-state index is -3.75. The maximum atomic E-state index is 11.7. The Morgan fingerprint density at radius 3 is 2.45 bits per heavy atom. The summed E-state index contributed by atoms with van der Waals surface area (Å²) in [4.78, 5) is 10.1. The van der Waals surface area contributed by atoms with E-state index in [0.717, 1.165) is 11.8 Å². The number of hydrogen-bond acceptors (Lipinski definition) is 5. The van der Waals surface area contributed by atoms with E-state index in [0.29, 0.717) is 10.8 Å². The molecule has 0 N–H and O–H groups in total. The van der Waals surface area contributed by atoms with Crippen LogP contribution in [0.1, 0.15) is 5.56 Å². The number of halogens is 1. The van der Waals surface area contributed by atoms with Gasteiger partial charge in [0.15, 0.2) is 9.84 Å². The Bertz CT molecular complexity index is 848. The van der Waals surface area contributed by atoms with Crippen molar-refractivity contribution in [3.63, 3.8) is 0 Å². The Hall–Kier alpha value is -2.12. The molecule has 0 saturated heterocycles. The second kappa shape index (κ2) is 5.94. The molecule has 0 amide bonds. The van der Waals surface area contributed by atoms with Crippen LogP contribution in [0.5, 0.6) is 11.5 Å². The van der Waals surface area contributed by atoms with Crippen molar-refractivity contribution in [3.8, 4) is 11.5 Å². The number of hydrogen-bond donors (Lipinski definition) is 0. The molecule has 0 unspecified atom stereocenters. The number of benzene rings is 2. The number of nitro benzene ring substituents is 1. The van der Waals surface area contributed by atoms with Gasteiger partial charge in [-0.1, -0.05) is 17.7 Å². The molecule has 0 aliphatic heterocycles. The van der Waals surface area contributed by atoms with Gasteiger partial charge in [-0.25, -0.2) is 8.42 Å². The first-order chi connectivity index (χ1) is 10.2. The third-order valence-corrected chi connectivity index (χ3v) is 4.45. The van der Waals surface area contributed by atoms with E-state index >= 15 is 0 Å². The highest BCUT2D eigenvalue weighted by molar-refractivity contribution is 7.90. The van der Waals surface area contributed by atoms with Crippen molar-refractivity contribution in [2.24, 2.45) is 0 Å². The molecule has 0 aromatic heterocycles. The predicted octanol–water partition coefficient (Wildman–Crippen LogP) is 3.75. The summed E-state index contributed by atoms with van der Waals surface area (Å²) in [6.07, 6.45) is 0.908. The smallest absolute Gasteiger partial charge is 0.330 e. The van der Waals surface area contributed by atoms with E-state index < -0.39 is 20.4 Å². The van der Waals surface area contributed by atoms with E-state index in [9.17, 15) is 18.5 Å². The fraction of sp³-hybridized carbons (Fsp3) is 0.143. The SMILES string of the molecule is Cc1cc(Oc2cccc(S(C)(=O)=O)c2[N+](=O)[O-])ccc1Cl. The Balaban J connectivity index is 2.56. The highest BCUT2D eigenvalue weighted by atomic mass is 35.5. The third-order valence-electron chi connectivity index (χ3n) is 2.90. The van der Waals surface area contributed by atoms with Crippen molar-refractivity contribution in [1.82, 2.24) is 0 Å². The van der Waals surface area contributed by atoms with Gasteiger partial charge in [0.05, 0.1) is 4.92 Å². The van der Waals surface area contributed by atoms with Gasteiger partial charge in [-0.15, -0.1) is 0 Å². The maximum Gasteiger partial charge on any atom is 0.330 e. The molecule has 0 bridgehead atoms. The van der Waals surface area contributed by atoms with E-state index in [1.807, 2.05) is 0 Å². The first-order valence-corrected chi connectivity index (χ1v) is 8.38. The second-order valence-corrected chi connectivity index (χ2v) is 7.04. The Labute approximate surface area is 132 Å².